The smallest absolute Gasteiger partial charge is 0.264 e. The van der Waals surface area contributed by atoms with E-state index in [-0.39, 0.29) is 23.3 Å². The van der Waals surface area contributed by atoms with E-state index in [2.05, 4.69) is 9.98 Å². The third kappa shape index (κ3) is 3.58. The minimum atomic E-state index is -0.286. The molecule has 1 unspecified atom stereocenters. The molecule has 5 nitrogen and oxygen atoms in total. The minimum absolute atomic E-state index is 0.0235. The summed E-state index contributed by atoms with van der Waals surface area (Å²) in [5, 5.41) is 10.8. The van der Waals surface area contributed by atoms with Crippen LogP contribution in [0.1, 0.15) is 23.4 Å². The van der Waals surface area contributed by atoms with Crippen LogP contribution in [0.25, 0.3) is 5.57 Å². The Bertz CT molecular complexity index is 845. The van der Waals surface area contributed by atoms with Gasteiger partial charge in [-0.15, -0.1) is 11.3 Å². The van der Waals surface area contributed by atoms with Crippen molar-refractivity contribution in [1.29, 1.82) is 0 Å². The summed E-state index contributed by atoms with van der Waals surface area (Å²) in [4.78, 5) is 24.1. The zero-order valence-electron chi connectivity index (χ0n) is 13.6. The summed E-state index contributed by atoms with van der Waals surface area (Å²) in [5.74, 6) is 0.361. The van der Waals surface area contributed by atoms with Gasteiger partial charge in [-0.25, -0.2) is 4.98 Å². The normalized spacial score (nSPS) is 20.0. The van der Waals surface area contributed by atoms with Crippen LogP contribution in [0.5, 0.6) is 0 Å². The van der Waals surface area contributed by atoms with Gasteiger partial charge in [0, 0.05) is 23.9 Å². The summed E-state index contributed by atoms with van der Waals surface area (Å²) in [5.41, 5.74) is 0.936. The summed E-state index contributed by atoms with van der Waals surface area (Å²) in [6.45, 7) is 1.52. The Morgan fingerprint density at radius 2 is 2.12 bits per heavy atom. The quantitative estimate of drug-likeness (QED) is 0.620. The van der Waals surface area contributed by atoms with Gasteiger partial charge in [0.05, 0.1) is 11.6 Å². The van der Waals surface area contributed by atoms with E-state index in [9.17, 15) is 9.90 Å². The van der Waals surface area contributed by atoms with Crippen molar-refractivity contribution in [3.8, 4) is 0 Å². The minimum Gasteiger partial charge on any atom is -0.512 e. The third-order valence-electron chi connectivity index (χ3n) is 3.76. The topological polar surface area (TPSA) is 65.8 Å². The van der Waals surface area contributed by atoms with E-state index in [0.29, 0.717) is 21.0 Å². The maximum absolute atomic E-state index is 13.3. The average molecular weight is 394 g/mol. The number of allylic oxidation sites excluding steroid dienone is 1. The Hall–Kier alpha value is -1.83. The van der Waals surface area contributed by atoms with Crippen molar-refractivity contribution in [2.45, 2.75) is 13.0 Å². The second-order valence-corrected chi connectivity index (χ2v) is 7.98. The van der Waals surface area contributed by atoms with E-state index in [4.69, 9.17) is 11.6 Å². The van der Waals surface area contributed by atoms with Gasteiger partial charge in [-0.3, -0.25) is 14.7 Å². The van der Waals surface area contributed by atoms with E-state index in [0.717, 1.165) is 4.88 Å². The van der Waals surface area contributed by atoms with E-state index >= 15 is 0 Å². The molecule has 0 radical (unpaired) electrons. The van der Waals surface area contributed by atoms with Crippen LogP contribution in [0.3, 0.4) is 0 Å². The molecule has 1 aromatic heterocycles. The van der Waals surface area contributed by atoms with Crippen LogP contribution in [0.2, 0.25) is 4.47 Å². The van der Waals surface area contributed by atoms with Gasteiger partial charge >= 0.3 is 0 Å². The fourth-order valence-corrected chi connectivity index (χ4v) is 4.94. The number of rotatable bonds is 3. The molecule has 1 fully saturated rings. The number of aliphatic hydroxyl groups excluding tert-OH is 1. The van der Waals surface area contributed by atoms with E-state index in [1.807, 2.05) is 18.2 Å². The molecule has 8 heteroatoms. The predicted molar refractivity (Wildman–Crippen MR) is 104 cm³/mol. The Balaban J connectivity index is 2.03. The lowest BCUT2D eigenvalue weighted by Crippen LogP contribution is -2.35. The first-order valence-corrected chi connectivity index (χ1v) is 9.70. The molecule has 2 heterocycles. The highest BCUT2D eigenvalue weighted by atomic mass is 35.5. The van der Waals surface area contributed by atoms with Crippen LogP contribution < -0.4 is 0 Å². The summed E-state index contributed by atoms with van der Waals surface area (Å²) < 4.78 is 0.437. The highest BCUT2D eigenvalue weighted by Gasteiger charge is 2.39. The van der Waals surface area contributed by atoms with Crippen LogP contribution in [-0.4, -0.2) is 38.9 Å². The summed E-state index contributed by atoms with van der Waals surface area (Å²) >= 11 is 8.81. The molecule has 0 aliphatic carbocycles. The zero-order chi connectivity index (χ0) is 18.0. The molecule has 0 saturated carbocycles. The average Bonchev–Trinajstić information content (AvgIpc) is 3.21. The molecule has 1 atom stereocenters. The molecule has 25 heavy (non-hydrogen) atoms. The molecule has 1 saturated heterocycles. The van der Waals surface area contributed by atoms with Gasteiger partial charge in [-0.2, -0.15) is 0 Å². The van der Waals surface area contributed by atoms with E-state index in [1.165, 1.54) is 30.0 Å². The number of thioether (sulfide) groups is 1. The van der Waals surface area contributed by atoms with Crippen LogP contribution in [0.15, 0.2) is 47.3 Å². The molecule has 1 aromatic carbocycles. The van der Waals surface area contributed by atoms with Gasteiger partial charge in [-0.05, 0) is 12.5 Å². The van der Waals surface area contributed by atoms with Gasteiger partial charge < -0.3 is 5.11 Å². The number of aliphatic imine (C=N–C) groups is 1. The van der Waals surface area contributed by atoms with Crippen LogP contribution in [0, 0.1) is 0 Å². The molecular weight excluding hydrogens is 378 g/mol. The molecule has 2 aromatic rings. The first-order valence-electron chi connectivity index (χ1n) is 7.52. The maximum atomic E-state index is 13.3. The number of amides is 1. The highest BCUT2D eigenvalue weighted by molar-refractivity contribution is 8.14. The highest BCUT2D eigenvalue weighted by Crippen LogP contribution is 2.40. The van der Waals surface area contributed by atoms with Crippen molar-refractivity contribution >= 4 is 51.3 Å². The Morgan fingerprint density at radius 3 is 2.68 bits per heavy atom. The molecule has 130 valence electrons. The third-order valence-corrected chi connectivity index (χ3v) is 6.10. The molecule has 1 amide bonds. The zero-order valence-corrected chi connectivity index (χ0v) is 16.0. The molecule has 3 rings (SSSR count). The SMILES string of the molecule is C/N=C1\SCC(c2cnc(Cl)s2)N1C(=O)/C(=C(\C)O)c1ccccc1. The largest absolute Gasteiger partial charge is 0.512 e. The summed E-state index contributed by atoms with van der Waals surface area (Å²) in [6, 6.07) is 8.93. The molecule has 0 bridgehead atoms. The first kappa shape index (κ1) is 18.0. The predicted octanol–water partition coefficient (Wildman–Crippen LogP) is 4.39. The van der Waals surface area contributed by atoms with Crippen molar-refractivity contribution in [2.24, 2.45) is 4.99 Å². The lowest BCUT2D eigenvalue weighted by Gasteiger charge is -2.24. The van der Waals surface area contributed by atoms with Crippen molar-refractivity contribution in [2.75, 3.05) is 12.8 Å². The molecule has 0 spiro atoms. The second kappa shape index (κ2) is 7.59. The molecular formula is C17H16ClN3O2S2. The fourth-order valence-electron chi connectivity index (χ4n) is 2.67. The van der Waals surface area contributed by atoms with Crippen molar-refractivity contribution in [3.63, 3.8) is 0 Å². The Labute approximate surface area is 159 Å². The molecule has 1 N–H and O–H groups in total. The van der Waals surface area contributed by atoms with Crippen LogP contribution >= 0.6 is 34.7 Å². The number of hydrogen-bond donors (Lipinski definition) is 1. The summed E-state index contributed by atoms with van der Waals surface area (Å²) in [6.07, 6.45) is 1.69. The van der Waals surface area contributed by atoms with E-state index < -0.39 is 0 Å². The number of carbonyl (C=O) groups is 1. The number of amidine groups is 1. The Kier molecular flexibility index (Phi) is 5.46. The monoisotopic (exact) mass is 393 g/mol. The standard InChI is InChI=1S/C17H16ClN3O2S2/c1-10(22)14(11-6-4-3-5-7-11)15(23)21-12(9-24-17(21)19-2)13-8-20-16(18)25-13/h3-8,12,22H,9H2,1-2H3/b14-10+,19-17-. The van der Waals surface area contributed by atoms with Crippen molar-refractivity contribution in [3.05, 3.63) is 57.2 Å². The lowest BCUT2D eigenvalue weighted by molar-refractivity contribution is -0.122. The van der Waals surface area contributed by atoms with Gasteiger partial charge in [0.1, 0.15) is 5.76 Å². The maximum Gasteiger partial charge on any atom is 0.264 e. The second-order valence-electron chi connectivity index (χ2n) is 5.35. The molecule has 1 aliphatic heterocycles. The number of carbonyl (C=O) groups excluding carboxylic acids is 1. The summed E-state index contributed by atoms with van der Waals surface area (Å²) in [7, 11) is 1.66. The van der Waals surface area contributed by atoms with Gasteiger partial charge in [0.25, 0.3) is 5.91 Å². The Morgan fingerprint density at radius 1 is 1.40 bits per heavy atom. The van der Waals surface area contributed by atoms with Crippen molar-refractivity contribution < 1.29 is 9.90 Å². The van der Waals surface area contributed by atoms with Gasteiger partial charge in [0.2, 0.25) is 0 Å². The number of thiazole rings is 1. The number of aromatic nitrogens is 1. The van der Waals surface area contributed by atoms with Crippen LogP contribution in [0.4, 0.5) is 0 Å². The number of benzene rings is 1. The fraction of sp³-hybridized carbons (Fsp3) is 0.235. The van der Waals surface area contributed by atoms with Gasteiger partial charge in [0.15, 0.2) is 9.63 Å². The number of hydrogen-bond acceptors (Lipinski definition) is 6. The lowest BCUT2D eigenvalue weighted by atomic mass is 10.0. The number of nitrogens with zero attached hydrogens (tertiary/aromatic N) is 3. The number of aliphatic hydroxyl groups is 1. The number of halogens is 1. The molecule has 1 aliphatic rings. The van der Waals surface area contributed by atoms with Gasteiger partial charge in [-0.1, -0.05) is 53.7 Å². The van der Waals surface area contributed by atoms with E-state index in [1.54, 1.807) is 30.3 Å². The first-order chi connectivity index (χ1) is 12.0. The van der Waals surface area contributed by atoms with Crippen molar-refractivity contribution in [1.82, 2.24) is 9.88 Å². The van der Waals surface area contributed by atoms with Crippen LogP contribution in [-0.2, 0) is 4.79 Å².